The van der Waals surface area contributed by atoms with Gasteiger partial charge in [0.05, 0.1) is 11.0 Å². The molecule has 0 radical (unpaired) electrons. The molecule has 0 aliphatic carbocycles. The van der Waals surface area contributed by atoms with Crippen LogP contribution < -0.4 is 0 Å². The summed E-state index contributed by atoms with van der Waals surface area (Å²) in [7, 11) is 0. The Balaban J connectivity index is 1.87. The van der Waals surface area contributed by atoms with Crippen molar-refractivity contribution in [3.05, 3.63) is 65.5 Å². The fourth-order valence-electron chi connectivity index (χ4n) is 3.92. The summed E-state index contributed by atoms with van der Waals surface area (Å²) in [5, 5.41) is 0. The third kappa shape index (κ3) is 4.80. The molecule has 27 heavy (non-hydrogen) atoms. The van der Waals surface area contributed by atoms with Crippen LogP contribution in [0.2, 0.25) is 0 Å². The second-order valence-electron chi connectivity index (χ2n) is 8.23. The Kier molecular flexibility index (Phi) is 6.71. The lowest BCUT2D eigenvalue weighted by atomic mass is 9.96. The van der Waals surface area contributed by atoms with Gasteiger partial charge in [0.1, 0.15) is 5.82 Å². The van der Waals surface area contributed by atoms with Gasteiger partial charge in [0, 0.05) is 12.5 Å². The predicted molar refractivity (Wildman–Crippen MR) is 116 cm³/mol. The van der Waals surface area contributed by atoms with E-state index in [9.17, 15) is 0 Å². The van der Waals surface area contributed by atoms with Crippen molar-refractivity contribution in [1.29, 1.82) is 0 Å². The number of nitrogens with zero attached hydrogens (tertiary/aromatic N) is 2. The summed E-state index contributed by atoms with van der Waals surface area (Å²) in [6.45, 7) is 10.2. The Morgan fingerprint density at radius 1 is 0.889 bits per heavy atom. The van der Waals surface area contributed by atoms with Gasteiger partial charge in [-0.25, -0.2) is 4.98 Å². The number of benzene rings is 2. The van der Waals surface area contributed by atoms with E-state index >= 15 is 0 Å². The smallest absolute Gasteiger partial charge is 0.117 e. The number of unbranched alkanes of at least 4 members (excludes halogenated alkanes) is 3. The van der Waals surface area contributed by atoms with E-state index in [-0.39, 0.29) is 0 Å². The molecular weight excluding hydrogens is 328 g/mol. The van der Waals surface area contributed by atoms with Crippen molar-refractivity contribution in [2.75, 3.05) is 0 Å². The third-order valence-electron chi connectivity index (χ3n) is 5.43. The second kappa shape index (κ2) is 9.21. The molecule has 0 saturated heterocycles. The summed E-state index contributed by atoms with van der Waals surface area (Å²) < 4.78 is 2.46. The Morgan fingerprint density at radius 2 is 1.63 bits per heavy atom. The molecule has 1 atom stereocenters. The van der Waals surface area contributed by atoms with Gasteiger partial charge in [-0.3, -0.25) is 0 Å². The molecule has 1 aromatic heterocycles. The van der Waals surface area contributed by atoms with Crippen molar-refractivity contribution in [3.8, 4) is 0 Å². The van der Waals surface area contributed by atoms with E-state index in [0.29, 0.717) is 11.8 Å². The van der Waals surface area contributed by atoms with Crippen molar-refractivity contribution < 1.29 is 0 Å². The van der Waals surface area contributed by atoms with Gasteiger partial charge < -0.3 is 4.57 Å². The van der Waals surface area contributed by atoms with Crippen molar-refractivity contribution in [2.24, 2.45) is 5.92 Å². The molecule has 0 bridgehead atoms. The van der Waals surface area contributed by atoms with Crippen LogP contribution in [-0.2, 0) is 13.0 Å². The minimum absolute atomic E-state index is 0.302. The van der Waals surface area contributed by atoms with Gasteiger partial charge in [0.2, 0.25) is 0 Å². The molecule has 0 N–H and O–H groups in total. The molecule has 0 saturated carbocycles. The van der Waals surface area contributed by atoms with Crippen LogP contribution in [0.1, 0.15) is 76.2 Å². The lowest BCUT2D eigenvalue weighted by Crippen LogP contribution is -2.09. The minimum Gasteiger partial charge on any atom is -0.327 e. The van der Waals surface area contributed by atoms with E-state index in [4.69, 9.17) is 4.98 Å². The summed E-state index contributed by atoms with van der Waals surface area (Å²) in [6, 6.07) is 17.7. The molecule has 2 heteroatoms. The molecule has 0 aliphatic heterocycles. The number of rotatable bonds is 9. The zero-order valence-electron chi connectivity index (χ0n) is 17.4. The van der Waals surface area contributed by atoms with Gasteiger partial charge in [-0.05, 0) is 42.0 Å². The molecule has 2 nitrogen and oxygen atoms in total. The lowest BCUT2D eigenvalue weighted by Gasteiger charge is -2.16. The van der Waals surface area contributed by atoms with E-state index in [1.54, 1.807) is 0 Å². The Hall–Kier alpha value is -2.09. The van der Waals surface area contributed by atoms with E-state index in [0.717, 1.165) is 18.5 Å². The summed E-state index contributed by atoms with van der Waals surface area (Å²) in [4.78, 5) is 5.02. The molecule has 3 aromatic rings. The zero-order chi connectivity index (χ0) is 19.2. The molecule has 2 aromatic carbocycles. The first-order chi connectivity index (χ1) is 13.1. The average Bonchev–Trinajstić information content (AvgIpc) is 3.03. The normalized spacial score (nSPS) is 12.8. The maximum atomic E-state index is 5.02. The summed E-state index contributed by atoms with van der Waals surface area (Å²) in [5.41, 5.74) is 5.17. The first kappa shape index (κ1) is 19.7. The van der Waals surface area contributed by atoms with E-state index < -0.39 is 0 Å². The van der Waals surface area contributed by atoms with Crippen molar-refractivity contribution in [3.63, 3.8) is 0 Å². The van der Waals surface area contributed by atoms with Crippen LogP contribution >= 0.6 is 0 Å². The summed E-state index contributed by atoms with van der Waals surface area (Å²) >= 11 is 0. The second-order valence-corrected chi connectivity index (χ2v) is 8.23. The maximum Gasteiger partial charge on any atom is 0.117 e. The molecule has 0 aliphatic rings. The first-order valence-corrected chi connectivity index (χ1v) is 10.6. The number of hydrogen-bond donors (Lipinski definition) is 0. The Morgan fingerprint density at radius 3 is 2.33 bits per heavy atom. The third-order valence-corrected chi connectivity index (χ3v) is 5.43. The van der Waals surface area contributed by atoms with Crippen LogP contribution in [0.15, 0.2) is 48.5 Å². The monoisotopic (exact) mass is 362 g/mol. The summed E-state index contributed by atoms with van der Waals surface area (Å²) in [6.07, 6.45) is 6.25. The molecular formula is C25H34N2. The molecule has 1 heterocycles. The van der Waals surface area contributed by atoms with Gasteiger partial charge >= 0.3 is 0 Å². The van der Waals surface area contributed by atoms with E-state index in [1.165, 1.54) is 48.2 Å². The van der Waals surface area contributed by atoms with Gasteiger partial charge in [0.25, 0.3) is 0 Å². The molecule has 3 rings (SSSR count). The number of aromatic nitrogens is 2. The van der Waals surface area contributed by atoms with Gasteiger partial charge in [-0.15, -0.1) is 0 Å². The topological polar surface area (TPSA) is 17.8 Å². The number of hydrogen-bond acceptors (Lipinski definition) is 1. The molecule has 0 unspecified atom stereocenters. The first-order valence-electron chi connectivity index (χ1n) is 10.6. The number of aryl methyl sites for hydroxylation is 1. The van der Waals surface area contributed by atoms with Crippen molar-refractivity contribution in [2.45, 2.75) is 72.3 Å². The van der Waals surface area contributed by atoms with Crippen molar-refractivity contribution in [1.82, 2.24) is 9.55 Å². The number of imidazole rings is 1. The minimum atomic E-state index is 0.302. The highest BCUT2D eigenvalue weighted by atomic mass is 15.1. The van der Waals surface area contributed by atoms with E-state index in [1.807, 2.05) is 0 Å². The van der Waals surface area contributed by atoms with Crippen LogP contribution in [0.4, 0.5) is 0 Å². The quantitative estimate of drug-likeness (QED) is 0.376. The fourth-order valence-corrected chi connectivity index (χ4v) is 3.92. The summed E-state index contributed by atoms with van der Waals surface area (Å²) in [5.74, 6) is 2.20. The zero-order valence-corrected chi connectivity index (χ0v) is 17.4. The van der Waals surface area contributed by atoms with Crippen LogP contribution in [0.25, 0.3) is 11.0 Å². The average molecular weight is 363 g/mol. The van der Waals surface area contributed by atoms with E-state index in [2.05, 4.69) is 80.8 Å². The molecule has 0 spiro atoms. The van der Waals surface area contributed by atoms with Gasteiger partial charge in [-0.2, -0.15) is 0 Å². The highest BCUT2D eigenvalue weighted by Crippen LogP contribution is 2.28. The SMILES string of the molecule is CCCCCCn1c([C@H](C)c2ccc(CC(C)C)cc2)nc2ccccc21. The predicted octanol–water partition coefficient (Wildman–Crippen LogP) is 6.97. The highest BCUT2D eigenvalue weighted by molar-refractivity contribution is 5.76. The standard InChI is InChI=1S/C25H34N2/c1-5-6-7-10-17-27-24-12-9-8-11-23(24)26-25(27)20(4)22-15-13-21(14-16-22)18-19(2)3/h8-9,11-16,19-20H,5-7,10,17-18H2,1-4H3/t20-/m1/s1. The van der Waals surface area contributed by atoms with Crippen LogP contribution in [0, 0.1) is 5.92 Å². The molecule has 144 valence electrons. The van der Waals surface area contributed by atoms with Crippen LogP contribution in [0.5, 0.6) is 0 Å². The largest absolute Gasteiger partial charge is 0.327 e. The van der Waals surface area contributed by atoms with Crippen LogP contribution in [-0.4, -0.2) is 9.55 Å². The highest BCUT2D eigenvalue weighted by Gasteiger charge is 2.18. The fraction of sp³-hybridized carbons (Fsp3) is 0.480. The van der Waals surface area contributed by atoms with Crippen molar-refractivity contribution >= 4 is 11.0 Å². The Bertz CT molecular complexity index is 842. The van der Waals surface area contributed by atoms with Crippen LogP contribution in [0.3, 0.4) is 0 Å². The number of fused-ring (bicyclic) bond motifs is 1. The molecule has 0 fully saturated rings. The number of para-hydroxylation sites is 2. The Labute approximate surface area is 164 Å². The molecule has 0 amide bonds. The lowest BCUT2D eigenvalue weighted by molar-refractivity contribution is 0.567. The maximum absolute atomic E-state index is 5.02. The van der Waals surface area contributed by atoms with Gasteiger partial charge in [0.15, 0.2) is 0 Å². The van der Waals surface area contributed by atoms with Gasteiger partial charge in [-0.1, -0.05) is 83.4 Å².